The van der Waals surface area contributed by atoms with Gasteiger partial charge in [0.05, 0.1) is 16.4 Å². The van der Waals surface area contributed by atoms with Crippen molar-refractivity contribution in [3.8, 4) is 11.3 Å². The molecular weight excluding hydrogens is 332 g/mol. The summed E-state index contributed by atoms with van der Waals surface area (Å²) in [7, 11) is 0. The first-order valence-electron chi connectivity index (χ1n) is 8.36. The summed E-state index contributed by atoms with van der Waals surface area (Å²) in [5, 5.41) is 10.9. The molecule has 0 aliphatic carbocycles. The lowest BCUT2D eigenvalue weighted by molar-refractivity contribution is 0.0954. The maximum atomic E-state index is 12.4. The number of aryl methyl sites for hydroxylation is 1. The van der Waals surface area contributed by atoms with E-state index in [9.17, 15) is 4.79 Å². The Kier molecular flexibility index (Phi) is 5.28. The lowest BCUT2D eigenvalue weighted by atomic mass is 10.1. The number of aromatic nitrogens is 3. The molecule has 0 radical (unpaired) electrons. The van der Waals surface area contributed by atoms with Gasteiger partial charge in [-0.1, -0.05) is 38.1 Å². The van der Waals surface area contributed by atoms with Crippen molar-refractivity contribution >= 4 is 17.2 Å². The van der Waals surface area contributed by atoms with Crippen molar-refractivity contribution in [2.75, 3.05) is 0 Å². The van der Waals surface area contributed by atoms with E-state index in [0.717, 1.165) is 33.9 Å². The number of benzene rings is 1. The van der Waals surface area contributed by atoms with Crippen molar-refractivity contribution in [3.63, 3.8) is 0 Å². The monoisotopic (exact) mass is 354 g/mol. The van der Waals surface area contributed by atoms with E-state index in [1.807, 2.05) is 37.3 Å². The number of amides is 1. The van der Waals surface area contributed by atoms with Crippen LogP contribution < -0.4 is 5.32 Å². The Morgan fingerprint density at radius 3 is 2.64 bits per heavy atom. The maximum absolute atomic E-state index is 12.4. The van der Waals surface area contributed by atoms with Gasteiger partial charge in [0, 0.05) is 19.2 Å². The molecule has 1 aromatic carbocycles. The van der Waals surface area contributed by atoms with Gasteiger partial charge in [0.2, 0.25) is 0 Å². The molecule has 0 atom stereocenters. The molecular formula is C19H22N4OS. The zero-order valence-electron chi connectivity index (χ0n) is 14.7. The molecule has 0 saturated heterocycles. The zero-order valence-corrected chi connectivity index (χ0v) is 15.5. The second-order valence-electron chi connectivity index (χ2n) is 6.47. The predicted molar refractivity (Wildman–Crippen MR) is 101 cm³/mol. The molecule has 25 heavy (non-hydrogen) atoms. The van der Waals surface area contributed by atoms with Crippen LogP contribution >= 0.6 is 11.3 Å². The van der Waals surface area contributed by atoms with Crippen LogP contribution in [0.4, 0.5) is 0 Å². The summed E-state index contributed by atoms with van der Waals surface area (Å²) < 4.78 is 0. The van der Waals surface area contributed by atoms with Gasteiger partial charge >= 0.3 is 0 Å². The summed E-state index contributed by atoms with van der Waals surface area (Å²) >= 11 is 1.50. The number of nitrogens with one attached hydrogen (secondary N) is 2. The van der Waals surface area contributed by atoms with E-state index in [1.54, 1.807) is 6.20 Å². The molecule has 0 bridgehead atoms. The van der Waals surface area contributed by atoms with Gasteiger partial charge in [-0.05, 0) is 30.0 Å². The summed E-state index contributed by atoms with van der Waals surface area (Å²) in [5.74, 6) is 0.484. The lowest BCUT2D eigenvalue weighted by Gasteiger charge is -2.05. The van der Waals surface area contributed by atoms with Crippen molar-refractivity contribution in [1.29, 1.82) is 0 Å². The highest BCUT2D eigenvalue weighted by Gasteiger charge is 2.15. The van der Waals surface area contributed by atoms with Crippen molar-refractivity contribution < 1.29 is 4.79 Å². The first kappa shape index (κ1) is 17.4. The molecule has 2 aromatic heterocycles. The number of nitrogens with zero attached hydrogens (tertiary/aromatic N) is 2. The SMILES string of the molecule is Cc1nc(CC(C)C)sc1C(=O)NCc1ccc(-c2ccn[nH]2)cc1. The maximum Gasteiger partial charge on any atom is 0.263 e. The number of rotatable bonds is 6. The minimum absolute atomic E-state index is 0.0531. The van der Waals surface area contributed by atoms with Gasteiger partial charge < -0.3 is 5.32 Å². The molecule has 0 aliphatic rings. The number of carbonyl (C=O) groups is 1. The highest BCUT2D eigenvalue weighted by atomic mass is 32.1. The largest absolute Gasteiger partial charge is 0.347 e. The van der Waals surface area contributed by atoms with E-state index in [0.29, 0.717) is 17.3 Å². The van der Waals surface area contributed by atoms with E-state index < -0.39 is 0 Å². The van der Waals surface area contributed by atoms with Gasteiger partial charge in [-0.2, -0.15) is 5.10 Å². The minimum Gasteiger partial charge on any atom is -0.347 e. The summed E-state index contributed by atoms with van der Waals surface area (Å²) in [4.78, 5) is 17.7. The summed E-state index contributed by atoms with van der Waals surface area (Å²) in [5.41, 5.74) is 3.92. The Morgan fingerprint density at radius 2 is 2.00 bits per heavy atom. The molecule has 0 aliphatic heterocycles. The van der Waals surface area contributed by atoms with Gasteiger partial charge in [-0.15, -0.1) is 11.3 Å². The topological polar surface area (TPSA) is 70.7 Å². The van der Waals surface area contributed by atoms with Gasteiger partial charge in [0.1, 0.15) is 4.88 Å². The van der Waals surface area contributed by atoms with Crippen LogP contribution in [-0.2, 0) is 13.0 Å². The van der Waals surface area contributed by atoms with E-state index >= 15 is 0 Å². The Morgan fingerprint density at radius 1 is 1.24 bits per heavy atom. The standard InChI is InChI=1S/C19H22N4OS/c1-12(2)10-17-22-13(3)18(25-17)19(24)20-11-14-4-6-15(7-5-14)16-8-9-21-23-16/h4-9,12H,10-11H2,1-3H3,(H,20,24)(H,21,23). The second kappa shape index (κ2) is 7.61. The Hall–Kier alpha value is -2.47. The smallest absolute Gasteiger partial charge is 0.263 e. The predicted octanol–water partition coefficient (Wildman–Crippen LogP) is 3.97. The molecule has 0 unspecified atom stereocenters. The van der Waals surface area contributed by atoms with Crippen LogP contribution in [0.25, 0.3) is 11.3 Å². The Labute approximate surface area is 151 Å². The van der Waals surface area contributed by atoms with E-state index in [4.69, 9.17) is 0 Å². The number of H-pyrrole nitrogens is 1. The molecule has 0 saturated carbocycles. The summed E-state index contributed by atoms with van der Waals surface area (Å²) in [6.45, 7) is 6.71. The van der Waals surface area contributed by atoms with E-state index in [1.165, 1.54) is 11.3 Å². The third-order valence-corrected chi connectivity index (χ3v) is 5.03. The van der Waals surface area contributed by atoms with Crippen LogP contribution in [-0.4, -0.2) is 21.1 Å². The average Bonchev–Trinajstić information content (AvgIpc) is 3.22. The van der Waals surface area contributed by atoms with Crippen molar-refractivity contribution in [1.82, 2.24) is 20.5 Å². The van der Waals surface area contributed by atoms with Crippen LogP contribution in [0.1, 0.15) is 39.8 Å². The van der Waals surface area contributed by atoms with Gasteiger partial charge in [0.25, 0.3) is 5.91 Å². The van der Waals surface area contributed by atoms with Crippen molar-refractivity contribution in [2.24, 2.45) is 5.92 Å². The molecule has 130 valence electrons. The third kappa shape index (κ3) is 4.33. The fourth-order valence-electron chi connectivity index (χ4n) is 2.58. The molecule has 2 heterocycles. The molecule has 0 spiro atoms. The van der Waals surface area contributed by atoms with Crippen LogP contribution in [0, 0.1) is 12.8 Å². The van der Waals surface area contributed by atoms with Crippen molar-refractivity contribution in [3.05, 3.63) is 57.7 Å². The summed E-state index contributed by atoms with van der Waals surface area (Å²) in [6, 6.07) is 10.00. The van der Waals surface area contributed by atoms with Gasteiger partial charge in [-0.25, -0.2) is 4.98 Å². The molecule has 3 aromatic rings. The van der Waals surface area contributed by atoms with E-state index in [-0.39, 0.29) is 5.91 Å². The third-order valence-electron chi connectivity index (χ3n) is 3.85. The number of hydrogen-bond donors (Lipinski definition) is 2. The summed E-state index contributed by atoms with van der Waals surface area (Å²) in [6.07, 6.45) is 2.64. The molecule has 5 nitrogen and oxygen atoms in total. The molecule has 6 heteroatoms. The number of thiazole rings is 1. The Balaban J connectivity index is 1.61. The molecule has 2 N–H and O–H groups in total. The average molecular weight is 354 g/mol. The second-order valence-corrected chi connectivity index (χ2v) is 7.55. The fourth-order valence-corrected chi connectivity index (χ4v) is 3.77. The first-order chi connectivity index (χ1) is 12.0. The van der Waals surface area contributed by atoms with Gasteiger partial charge in [-0.3, -0.25) is 9.89 Å². The fraction of sp³-hybridized carbons (Fsp3) is 0.316. The minimum atomic E-state index is -0.0531. The van der Waals surface area contributed by atoms with Gasteiger partial charge in [0.15, 0.2) is 0 Å². The van der Waals surface area contributed by atoms with Crippen LogP contribution in [0.15, 0.2) is 36.5 Å². The highest BCUT2D eigenvalue weighted by Crippen LogP contribution is 2.21. The van der Waals surface area contributed by atoms with E-state index in [2.05, 4.69) is 34.3 Å². The molecule has 1 amide bonds. The Bertz CT molecular complexity index is 835. The normalized spacial score (nSPS) is 11.0. The molecule has 0 fully saturated rings. The lowest BCUT2D eigenvalue weighted by Crippen LogP contribution is -2.22. The van der Waals surface area contributed by atoms with Crippen LogP contribution in [0.5, 0.6) is 0 Å². The van der Waals surface area contributed by atoms with Crippen LogP contribution in [0.3, 0.4) is 0 Å². The quantitative estimate of drug-likeness (QED) is 0.703. The first-order valence-corrected chi connectivity index (χ1v) is 9.17. The highest BCUT2D eigenvalue weighted by molar-refractivity contribution is 7.13. The number of carbonyl (C=O) groups excluding carboxylic acids is 1. The van der Waals surface area contributed by atoms with Crippen LogP contribution in [0.2, 0.25) is 0 Å². The zero-order chi connectivity index (χ0) is 17.8. The number of aromatic amines is 1. The molecule has 3 rings (SSSR count). The van der Waals surface area contributed by atoms with Crippen molar-refractivity contribution in [2.45, 2.75) is 33.7 Å². The number of hydrogen-bond acceptors (Lipinski definition) is 4.